The van der Waals surface area contributed by atoms with E-state index in [1.54, 1.807) is 24.4 Å². The molecule has 0 aliphatic heterocycles. The van der Waals surface area contributed by atoms with Crippen LogP contribution in [0.15, 0.2) is 48.7 Å². The molecule has 0 fully saturated rings. The number of halogens is 3. The minimum atomic E-state index is 0.320. The highest BCUT2D eigenvalue weighted by Gasteiger charge is 2.07. The predicted molar refractivity (Wildman–Crippen MR) is 98.4 cm³/mol. The summed E-state index contributed by atoms with van der Waals surface area (Å²) in [7, 11) is 0. The normalized spacial score (nSPS) is 10.5. The summed E-state index contributed by atoms with van der Waals surface area (Å²) in [5, 5.41) is 15.6. The molecule has 0 radical (unpaired) electrons. The Kier molecular flexibility index (Phi) is 5.35. The Labute approximate surface area is 154 Å². The molecule has 0 amide bonds. The first-order valence-electron chi connectivity index (χ1n) is 7.01. The van der Waals surface area contributed by atoms with Crippen LogP contribution in [0.2, 0.25) is 15.1 Å². The van der Waals surface area contributed by atoms with Crippen molar-refractivity contribution in [3.63, 3.8) is 0 Å². The summed E-state index contributed by atoms with van der Waals surface area (Å²) in [6.07, 6.45) is 1.54. The third kappa shape index (κ3) is 4.26. The first-order chi connectivity index (χ1) is 11.6. The van der Waals surface area contributed by atoms with E-state index in [0.717, 1.165) is 5.56 Å². The fourth-order valence-electron chi connectivity index (χ4n) is 1.96. The fraction of sp³-hybridized carbons (Fsp3) is 0.0625. The summed E-state index contributed by atoms with van der Waals surface area (Å²) < 4.78 is 0. The van der Waals surface area contributed by atoms with Gasteiger partial charge < -0.3 is 10.6 Å². The Morgan fingerprint density at radius 2 is 1.75 bits per heavy atom. The molecule has 3 aromatic rings. The van der Waals surface area contributed by atoms with Crippen LogP contribution in [0.4, 0.5) is 17.5 Å². The predicted octanol–water partition coefficient (Wildman–Crippen LogP) is 5.19. The van der Waals surface area contributed by atoms with Gasteiger partial charge in [-0.25, -0.2) is 0 Å². The maximum Gasteiger partial charge on any atom is 0.249 e. The summed E-state index contributed by atoms with van der Waals surface area (Å²) in [5.41, 5.74) is 1.69. The maximum absolute atomic E-state index is 6.14. The van der Waals surface area contributed by atoms with E-state index in [1.165, 1.54) is 0 Å². The zero-order valence-corrected chi connectivity index (χ0v) is 14.6. The third-order valence-corrected chi connectivity index (χ3v) is 4.21. The Bertz CT molecular complexity index is 839. The number of anilines is 3. The number of aromatic nitrogens is 3. The second-order valence-electron chi connectivity index (χ2n) is 4.87. The van der Waals surface area contributed by atoms with E-state index in [2.05, 4.69) is 25.8 Å². The van der Waals surface area contributed by atoms with Crippen molar-refractivity contribution in [1.82, 2.24) is 15.2 Å². The zero-order chi connectivity index (χ0) is 16.9. The van der Waals surface area contributed by atoms with Crippen LogP contribution in [0.1, 0.15) is 5.56 Å². The van der Waals surface area contributed by atoms with Gasteiger partial charge in [-0.2, -0.15) is 10.1 Å². The Morgan fingerprint density at radius 3 is 2.54 bits per heavy atom. The average Bonchev–Trinajstić information content (AvgIpc) is 2.59. The van der Waals surface area contributed by atoms with E-state index in [0.29, 0.717) is 39.1 Å². The molecular weight excluding hydrogens is 369 g/mol. The number of hydrogen-bond acceptors (Lipinski definition) is 5. The van der Waals surface area contributed by atoms with Crippen LogP contribution in [0.3, 0.4) is 0 Å². The molecule has 0 spiro atoms. The van der Waals surface area contributed by atoms with Crippen molar-refractivity contribution in [2.75, 3.05) is 10.6 Å². The molecule has 2 N–H and O–H groups in total. The first-order valence-corrected chi connectivity index (χ1v) is 8.14. The topological polar surface area (TPSA) is 62.7 Å². The van der Waals surface area contributed by atoms with Crippen LogP contribution < -0.4 is 10.6 Å². The smallest absolute Gasteiger partial charge is 0.249 e. The van der Waals surface area contributed by atoms with E-state index >= 15 is 0 Å². The van der Waals surface area contributed by atoms with Gasteiger partial charge in [0.15, 0.2) is 5.82 Å². The van der Waals surface area contributed by atoms with E-state index in [1.807, 2.05) is 24.3 Å². The Balaban J connectivity index is 1.69. The maximum atomic E-state index is 6.14. The molecule has 8 heteroatoms. The summed E-state index contributed by atoms with van der Waals surface area (Å²) in [6, 6.07) is 12.8. The molecule has 122 valence electrons. The molecule has 2 aromatic carbocycles. The Morgan fingerprint density at radius 1 is 0.958 bits per heavy atom. The van der Waals surface area contributed by atoms with Crippen LogP contribution in [0.25, 0.3) is 0 Å². The average molecular weight is 381 g/mol. The number of rotatable bonds is 5. The van der Waals surface area contributed by atoms with E-state index in [9.17, 15) is 0 Å². The Hall–Kier alpha value is -2.08. The van der Waals surface area contributed by atoms with Crippen LogP contribution in [0, 0.1) is 0 Å². The lowest BCUT2D eigenvalue weighted by molar-refractivity contribution is 0.966. The molecule has 1 heterocycles. The van der Waals surface area contributed by atoms with Crippen LogP contribution in [-0.2, 0) is 6.54 Å². The number of nitrogens with zero attached hydrogens (tertiary/aromatic N) is 3. The van der Waals surface area contributed by atoms with Gasteiger partial charge in [0.05, 0.1) is 21.9 Å². The monoisotopic (exact) mass is 379 g/mol. The minimum Gasteiger partial charge on any atom is -0.365 e. The van der Waals surface area contributed by atoms with Crippen molar-refractivity contribution in [3.05, 3.63) is 69.3 Å². The summed E-state index contributed by atoms with van der Waals surface area (Å²) in [6.45, 7) is 0.590. The fourth-order valence-corrected chi connectivity index (χ4v) is 2.43. The largest absolute Gasteiger partial charge is 0.365 e. The van der Waals surface area contributed by atoms with Gasteiger partial charge in [0.25, 0.3) is 0 Å². The van der Waals surface area contributed by atoms with Gasteiger partial charge >= 0.3 is 0 Å². The molecule has 0 aliphatic carbocycles. The van der Waals surface area contributed by atoms with Gasteiger partial charge in [0, 0.05) is 11.6 Å². The lowest BCUT2D eigenvalue weighted by Crippen LogP contribution is -2.05. The molecule has 0 bridgehead atoms. The van der Waals surface area contributed by atoms with Crippen molar-refractivity contribution in [2.24, 2.45) is 0 Å². The van der Waals surface area contributed by atoms with Crippen LogP contribution in [0.5, 0.6) is 0 Å². The summed E-state index contributed by atoms with van der Waals surface area (Å²) in [4.78, 5) is 4.35. The van der Waals surface area contributed by atoms with Crippen LogP contribution in [-0.4, -0.2) is 15.2 Å². The molecule has 0 saturated heterocycles. The molecule has 0 saturated carbocycles. The van der Waals surface area contributed by atoms with Gasteiger partial charge in [-0.15, -0.1) is 5.10 Å². The lowest BCUT2D eigenvalue weighted by atomic mass is 10.2. The van der Waals surface area contributed by atoms with Crippen molar-refractivity contribution in [2.45, 2.75) is 6.54 Å². The van der Waals surface area contributed by atoms with Crippen molar-refractivity contribution in [3.8, 4) is 0 Å². The first kappa shape index (κ1) is 16.8. The van der Waals surface area contributed by atoms with Crippen molar-refractivity contribution in [1.29, 1.82) is 0 Å². The second-order valence-corrected chi connectivity index (χ2v) is 6.09. The van der Waals surface area contributed by atoms with E-state index < -0.39 is 0 Å². The number of nitrogens with one attached hydrogen (secondary N) is 2. The molecule has 0 atom stereocenters. The zero-order valence-electron chi connectivity index (χ0n) is 12.3. The number of hydrogen-bond donors (Lipinski definition) is 2. The molecule has 0 aliphatic rings. The van der Waals surface area contributed by atoms with E-state index in [-0.39, 0.29) is 0 Å². The van der Waals surface area contributed by atoms with E-state index in [4.69, 9.17) is 34.8 Å². The van der Waals surface area contributed by atoms with Crippen molar-refractivity contribution >= 4 is 52.3 Å². The van der Waals surface area contributed by atoms with Gasteiger partial charge in [-0.1, -0.05) is 53.0 Å². The molecule has 1 aromatic heterocycles. The standard InChI is InChI=1S/C16H12Cl3N5/c17-11-6-4-10(5-7-11)8-20-14-9-21-24-16(23-14)22-13-3-1-2-12(18)15(13)19/h1-7,9H,8H2,(H2,20,22,23,24). The molecular formula is C16H12Cl3N5. The highest BCUT2D eigenvalue weighted by Crippen LogP contribution is 2.30. The minimum absolute atomic E-state index is 0.320. The molecule has 3 rings (SSSR count). The molecule has 5 nitrogen and oxygen atoms in total. The van der Waals surface area contributed by atoms with Gasteiger partial charge in [-0.05, 0) is 29.8 Å². The highest BCUT2D eigenvalue weighted by atomic mass is 35.5. The molecule has 0 unspecified atom stereocenters. The summed E-state index contributed by atoms with van der Waals surface area (Å²) >= 11 is 18.0. The van der Waals surface area contributed by atoms with Gasteiger partial charge in [0.2, 0.25) is 5.95 Å². The second kappa shape index (κ2) is 7.66. The van der Waals surface area contributed by atoms with Gasteiger partial charge in [0.1, 0.15) is 0 Å². The number of benzene rings is 2. The van der Waals surface area contributed by atoms with Gasteiger partial charge in [-0.3, -0.25) is 0 Å². The summed E-state index contributed by atoms with van der Waals surface area (Å²) in [5.74, 6) is 0.904. The lowest BCUT2D eigenvalue weighted by Gasteiger charge is -2.09. The quantitative estimate of drug-likeness (QED) is 0.638. The third-order valence-electron chi connectivity index (χ3n) is 3.14. The highest BCUT2D eigenvalue weighted by molar-refractivity contribution is 6.43. The van der Waals surface area contributed by atoms with Crippen LogP contribution >= 0.6 is 34.8 Å². The SMILES string of the molecule is Clc1ccc(CNc2cnnc(Nc3cccc(Cl)c3Cl)n2)cc1. The molecule has 24 heavy (non-hydrogen) atoms. The van der Waals surface area contributed by atoms with Crippen molar-refractivity contribution < 1.29 is 0 Å².